The van der Waals surface area contributed by atoms with Crippen LogP contribution < -0.4 is 14.4 Å². The van der Waals surface area contributed by atoms with Crippen LogP contribution in [0.2, 0.25) is 10.0 Å². The van der Waals surface area contributed by atoms with E-state index in [0.29, 0.717) is 54.8 Å². The number of furan rings is 1. The lowest BCUT2D eigenvalue weighted by molar-refractivity contribution is -0.117. The minimum atomic E-state index is -1.04. The molecule has 6 rings (SSSR count). The molecule has 1 atom stereocenters. The molecule has 1 aliphatic rings. The summed E-state index contributed by atoms with van der Waals surface area (Å²) in [7, 11) is 1.51. The maximum atomic E-state index is 14.2. The van der Waals surface area contributed by atoms with Crippen LogP contribution in [0, 0.1) is 0 Å². The number of Topliss-reactive ketones (excluding diaryl/α,β-unsaturated/α-hetero) is 1. The van der Waals surface area contributed by atoms with Gasteiger partial charge in [-0.05, 0) is 53.9 Å². The fraction of sp³-hybridized carbons (Fsp3) is 0.235. The topological polar surface area (TPSA) is 115 Å². The molecule has 0 radical (unpaired) electrons. The van der Waals surface area contributed by atoms with Crippen LogP contribution in [0.1, 0.15) is 53.9 Å². The van der Waals surface area contributed by atoms with Crippen LogP contribution >= 0.6 is 46.3 Å². The molecule has 3 heterocycles. The number of carbonyl (C=O) groups excluding carboxylic acids is 2. The predicted molar refractivity (Wildman–Crippen MR) is 184 cm³/mol. The second kappa shape index (κ2) is 14.4. The van der Waals surface area contributed by atoms with Crippen LogP contribution in [0.15, 0.2) is 86.8 Å². The maximum absolute atomic E-state index is 14.2. The zero-order chi connectivity index (χ0) is 33.1. The average molecular weight is 711 g/mol. The molecule has 0 saturated heterocycles. The highest BCUT2D eigenvalue weighted by molar-refractivity contribution is 8.00. The summed E-state index contributed by atoms with van der Waals surface area (Å²) in [6.45, 7) is 2.64. The Kier molecular flexibility index (Phi) is 10.1. The zero-order valence-electron chi connectivity index (χ0n) is 25.4. The third-order valence-electron chi connectivity index (χ3n) is 7.56. The van der Waals surface area contributed by atoms with Gasteiger partial charge in [0, 0.05) is 21.2 Å². The van der Waals surface area contributed by atoms with E-state index in [-0.39, 0.29) is 16.5 Å². The van der Waals surface area contributed by atoms with Gasteiger partial charge in [0.1, 0.15) is 5.75 Å². The molecule has 242 valence electrons. The molecule has 0 fully saturated rings. The molecule has 5 aromatic rings. The number of amides is 1. The Morgan fingerprint density at radius 1 is 1.09 bits per heavy atom. The molecule has 1 unspecified atom stereocenters. The average Bonchev–Trinajstić information content (AvgIpc) is 3.79. The molecular formula is C34H29Cl2N3O6S2. The van der Waals surface area contributed by atoms with Crippen molar-refractivity contribution in [2.75, 3.05) is 18.6 Å². The smallest absolute Gasteiger partial charge is 0.296 e. The van der Waals surface area contributed by atoms with Gasteiger partial charge in [0.2, 0.25) is 10.9 Å². The molecule has 1 N–H and O–H groups in total. The normalized spacial score (nSPS) is 14.8. The quantitative estimate of drug-likeness (QED) is 0.0553. The maximum Gasteiger partial charge on any atom is 0.296 e. The fourth-order valence-corrected chi connectivity index (χ4v) is 7.67. The summed E-state index contributed by atoms with van der Waals surface area (Å²) < 4.78 is 17.9. The van der Waals surface area contributed by atoms with E-state index < -0.39 is 23.5 Å². The third kappa shape index (κ3) is 6.85. The largest absolute Gasteiger partial charge is 0.503 e. The number of para-hydroxylation sites is 1. The molecule has 9 nitrogen and oxygen atoms in total. The Morgan fingerprint density at radius 3 is 2.70 bits per heavy atom. The molecule has 0 aliphatic carbocycles. The SMILES string of the molecule is CCCCCOc1cccc(C2C(C(=O)c3cc4cccc(OC)c4o3)=C(O)C(=O)N2c2nnc(SCc3ccc(Cl)cc3Cl)s2)c1. The number of hydrogen-bond acceptors (Lipinski definition) is 10. The number of halogens is 2. The van der Waals surface area contributed by atoms with Crippen LogP contribution in [0.5, 0.6) is 11.5 Å². The van der Waals surface area contributed by atoms with Gasteiger partial charge in [-0.15, -0.1) is 10.2 Å². The number of carbonyl (C=O) groups is 2. The highest BCUT2D eigenvalue weighted by Gasteiger charge is 2.47. The van der Waals surface area contributed by atoms with Gasteiger partial charge in [-0.1, -0.05) is 96.4 Å². The first-order valence-corrected chi connectivity index (χ1v) is 17.4. The van der Waals surface area contributed by atoms with E-state index in [9.17, 15) is 14.7 Å². The van der Waals surface area contributed by atoms with E-state index in [4.69, 9.17) is 37.1 Å². The third-order valence-corrected chi connectivity index (χ3v) is 10.3. The van der Waals surface area contributed by atoms with Gasteiger partial charge in [-0.2, -0.15) is 0 Å². The number of nitrogens with zero attached hydrogens (tertiary/aromatic N) is 3. The van der Waals surface area contributed by atoms with E-state index >= 15 is 0 Å². The monoisotopic (exact) mass is 709 g/mol. The Morgan fingerprint density at radius 2 is 1.91 bits per heavy atom. The van der Waals surface area contributed by atoms with Gasteiger partial charge >= 0.3 is 0 Å². The predicted octanol–water partition coefficient (Wildman–Crippen LogP) is 9.24. The molecule has 47 heavy (non-hydrogen) atoms. The molecule has 3 aromatic carbocycles. The number of anilines is 1. The number of rotatable bonds is 13. The van der Waals surface area contributed by atoms with Crippen molar-refractivity contribution in [3.63, 3.8) is 0 Å². The van der Waals surface area contributed by atoms with Crippen LogP contribution in [-0.4, -0.2) is 40.7 Å². The van der Waals surface area contributed by atoms with E-state index in [1.807, 2.05) is 12.1 Å². The molecule has 0 bridgehead atoms. The summed E-state index contributed by atoms with van der Waals surface area (Å²) in [6, 6.07) is 18.2. The van der Waals surface area contributed by atoms with Crippen LogP contribution in [0.3, 0.4) is 0 Å². The minimum absolute atomic E-state index is 0.0500. The van der Waals surface area contributed by atoms with Crippen LogP contribution in [0.25, 0.3) is 11.0 Å². The van der Waals surface area contributed by atoms with Crippen molar-refractivity contribution >= 4 is 74.1 Å². The fourth-order valence-electron chi connectivity index (χ4n) is 5.24. The van der Waals surface area contributed by atoms with Crippen molar-refractivity contribution in [2.45, 2.75) is 42.3 Å². The molecule has 1 aliphatic heterocycles. The van der Waals surface area contributed by atoms with Gasteiger partial charge in [0.05, 0.1) is 25.3 Å². The first kappa shape index (κ1) is 32.9. The lowest BCUT2D eigenvalue weighted by Crippen LogP contribution is -2.31. The Balaban J connectivity index is 1.36. The number of unbranched alkanes of at least 4 members (excludes halogenated alkanes) is 2. The van der Waals surface area contributed by atoms with Crippen molar-refractivity contribution in [2.24, 2.45) is 0 Å². The molecule has 1 amide bonds. The Labute approximate surface area is 289 Å². The second-order valence-corrected chi connectivity index (χ2v) is 13.7. The van der Waals surface area contributed by atoms with Gasteiger partial charge in [-0.3, -0.25) is 14.5 Å². The number of aliphatic hydroxyl groups excluding tert-OH is 1. The van der Waals surface area contributed by atoms with Gasteiger partial charge in [0.15, 0.2) is 27.2 Å². The van der Waals surface area contributed by atoms with E-state index in [0.717, 1.165) is 36.2 Å². The van der Waals surface area contributed by atoms with E-state index in [2.05, 4.69) is 17.1 Å². The summed E-state index contributed by atoms with van der Waals surface area (Å²) >= 11 is 14.9. The zero-order valence-corrected chi connectivity index (χ0v) is 28.5. The van der Waals surface area contributed by atoms with E-state index in [1.165, 1.54) is 23.8 Å². The number of thioether (sulfide) groups is 1. The summed E-state index contributed by atoms with van der Waals surface area (Å²) in [4.78, 5) is 29.2. The first-order valence-electron chi connectivity index (χ1n) is 14.8. The Hall–Kier alpha value is -4.03. The number of aliphatic hydroxyl groups is 1. The highest BCUT2D eigenvalue weighted by Crippen LogP contribution is 2.45. The number of ketones is 1. The van der Waals surface area contributed by atoms with Gasteiger partial charge < -0.3 is 19.0 Å². The molecule has 2 aromatic heterocycles. The van der Waals surface area contributed by atoms with E-state index in [1.54, 1.807) is 54.6 Å². The summed E-state index contributed by atoms with van der Waals surface area (Å²) in [5.74, 6) is -0.660. The summed E-state index contributed by atoms with van der Waals surface area (Å²) in [5.41, 5.74) is 1.64. The summed E-state index contributed by atoms with van der Waals surface area (Å²) in [5, 5.41) is 21.8. The molecule has 13 heteroatoms. The second-order valence-electron chi connectivity index (χ2n) is 10.7. The van der Waals surface area contributed by atoms with Crippen molar-refractivity contribution < 1.29 is 28.6 Å². The number of hydrogen-bond donors (Lipinski definition) is 1. The number of methoxy groups -OCH3 is 1. The standard InChI is InChI=1S/C34H29Cl2N3O6S2/c1-3-4-5-14-44-23-10-6-8-19(15-23)28-27(29(40)26-16-20-9-7-11-25(43-2)31(20)45-26)30(41)32(42)39(28)33-37-38-34(47-33)46-18-21-12-13-22(35)17-24(21)36/h6-13,15-17,28,41H,3-5,14,18H2,1-2H3. The van der Waals surface area contributed by atoms with Crippen molar-refractivity contribution in [1.82, 2.24) is 10.2 Å². The van der Waals surface area contributed by atoms with Crippen molar-refractivity contribution in [1.29, 1.82) is 0 Å². The number of fused-ring (bicyclic) bond motifs is 1. The van der Waals surface area contributed by atoms with Crippen molar-refractivity contribution in [3.8, 4) is 11.5 Å². The number of benzene rings is 3. The lowest BCUT2D eigenvalue weighted by atomic mass is 9.95. The van der Waals surface area contributed by atoms with Crippen molar-refractivity contribution in [3.05, 3.63) is 105 Å². The number of aromatic nitrogens is 2. The number of ether oxygens (including phenoxy) is 2. The van der Waals surface area contributed by atoms with Crippen LogP contribution in [0.4, 0.5) is 5.13 Å². The highest BCUT2D eigenvalue weighted by atomic mass is 35.5. The molecule has 0 spiro atoms. The summed E-state index contributed by atoms with van der Waals surface area (Å²) in [6.07, 6.45) is 2.98. The molecule has 0 saturated carbocycles. The first-order chi connectivity index (χ1) is 22.8. The Bertz CT molecular complexity index is 1990. The van der Waals surface area contributed by atoms with Gasteiger partial charge in [0.25, 0.3) is 5.91 Å². The lowest BCUT2D eigenvalue weighted by Gasteiger charge is -2.24. The van der Waals surface area contributed by atoms with Gasteiger partial charge in [-0.25, -0.2) is 0 Å². The van der Waals surface area contributed by atoms with Crippen LogP contribution in [-0.2, 0) is 10.5 Å². The minimum Gasteiger partial charge on any atom is -0.503 e. The molecular weight excluding hydrogens is 681 g/mol.